The summed E-state index contributed by atoms with van der Waals surface area (Å²) in [7, 11) is 1.51. The molecule has 13 heteroatoms. The van der Waals surface area contributed by atoms with Gasteiger partial charge in [0.15, 0.2) is 0 Å². The van der Waals surface area contributed by atoms with E-state index in [2.05, 4.69) is 23.4 Å². The number of likely N-dealkylation sites (tertiary alicyclic amines) is 1. The minimum Gasteiger partial charge on any atom is -0.455 e. The van der Waals surface area contributed by atoms with Crippen LogP contribution in [0.15, 0.2) is 55.6 Å². The van der Waals surface area contributed by atoms with Crippen LogP contribution in [0.3, 0.4) is 0 Å². The molecule has 13 nitrogen and oxygen atoms in total. The minimum absolute atomic E-state index is 0.0596. The number of aliphatic hydroxyl groups is 1. The zero-order valence-corrected chi connectivity index (χ0v) is 30.8. The Hall–Kier alpha value is -3.62. The fraction of sp³-hybridized carbons (Fsp3) is 0.641. The third-order valence-electron chi connectivity index (χ3n) is 11.0. The molecule has 4 saturated heterocycles. The maximum Gasteiger partial charge on any atom is 0.313 e. The first-order valence-electron chi connectivity index (χ1n) is 18.6. The number of amides is 3. The maximum absolute atomic E-state index is 14.8. The lowest BCUT2D eigenvalue weighted by Crippen LogP contribution is -2.60. The topological polar surface area (TPSA) is 147 Å². The van der Waals surface area contributed by atoms with Gasteiger partial charge in [-0.15, -0.1) is 13.2 Å². The molecule has 8 atom stereocenters. The molecular formula is C39H56N4O9. The van der Waals surface area contributed by atoms with E-state index in [0.717, 1.165) is 13.1 Å². The molecule has 0 radical (unpaired) electrons. The summed E-state index contributed by atoms with van der Waals surface area (Å²) in [4.78, 5) is 62.4. The molecule has 0 aliphatic carbocycles. The van der Waals surface area contributed by atoms with Crippen LogP contribution >= 0.6 is 0 Å². The summed E-state index contributed by atoms with van der Waals surface area (Å²) in [5, 5.41) is 13.6. The monoisotopic (exact) mass is 724 g/mol. The molecule has 0 saturated carbocycles. The molecule has 5 rings (SSSR count). The summed E-state index contributed by atoms with van der Waals surface area (Å²) >= 11 is 0. The lowest BCUT2D eigenvalue weighted by atomic mass is 9.70. The van der Waals surface area contributed by atoms with Crippen LogP contribution in [0.5, 0.6) is 0 Å². The van der Waals surface area contributed by atoms with E-state index in [4.69, 9.17) is 18.9 Å². The van der Waals surface area contributed by atoms with E-state index in [1.54, 1.807) is 17.1 Å². The smallest absolute Gasteiger partial charge is 0.313 e. The summed E-state index contributed by atoms with van der Waals surface area (Å²) in [6.07, 6.45) is 3.29. The quantitative estimate of drug-likeness (QED) is 0.161. The average molecular weight is 725 g/mol. The SMILES string of the molecule is C=CCCC(=O)N[C@H](COC)[C@H](OC(=O)[C@@H]1[C@H]2C(=O)N([C@@H](CO)C(C)C)[C@H](C(=O)N(CC=C)CCN3CCOCC3)[C@]23CC[C@H]1O3)c1ccccc1. The third kappa shape index (κ3) is 8.13. The molecule has 0 aromatic heterocycles. The highest BCUT2D eigenvalue weighted by atomic mass is 16.6. The molecule has 4 fully saturated rings. The van der Waals surface area contributed by atoms with Crippen LogP contribution in [-0.4, -0.2) is 140 Å². The molecule has 52 heavy (non-hydrogen) atoms. The largest absolute Gasteiger partial charge is 0.455 e. The molecule has 286 valence electrons. The third-order valence-corrected chi connectivity index (χ3v) is 11.0. The number of carbonyl (C=O) groups is 4. The highest BCUT2D eigenvalue weighted by Gasteiger charge is 2.76. The van der Waals surface area contributed by atoms with Crippen LogP contribution in [-0.2, 0) is 38.1 Å². The van der Waals surface area contributed by atoms with E-state index in [1.165, 1.54) is 12.0 Å². The summed E-state index contributed by atoms with van der Waals surface area (Å²) in [5.41, 5.74) is -0.635. The van der Waals surface area contributed by atoms with Crippen molar-refractivity contribution in [3.63, 3.8) is 0 Å². The van der Waals surface area contributed by atoms with Crippen LogP contribution < -0.4 is 5.32 Å². The van der Waals surface area contributed by atoms with Gasteiger partial charge in [0.2, 0.25) is 17.7 Å². The zero-order valence-electron chi connectivity index (χ0n) is 30.8. The molecule has 4 heterocycles. The average Bonchev–Trinajstić information content (AvgIpc) is 3.79. The van der Waals surface area contributed by atoms with Crippen LogP contribution in [0.25, 0.3) is 0 Å². The van der Waals surface area contributed by atoms with Gasteiger partial charge in [-0.3, -0.25) is 24.1 Å². The van der Waals surface area contributed by atoms with Crippen LogP contribution in [0.2, 0.25) is 0 Å². The van der Waals surface area contributed by atoms with Crippen molar-refractivity contribution in [3.8, 4) is 0 Å². The van der Waals surface area contributed by atoms with Gasteiger partial charge in [0.1, 0.15) is 17.7 Å². The number of hydrogen-bond donors (Lipinski definition) is 2. The number of benzene rings is 1. The molecule has 2 N–H and O–H groups in total. The molecule has 4 aliphatic rings. The van der Waals surface area contributed by atoms with Gasteiger partial charge in [-0.05, 0) is 30.7 Å². The first kappa shape index (κ1) is 39.6. The number of hydrogen-bond acceptors (Lipinski definition) is 10. The Morgan fingerprint density at radius 2 is 1.88 bits per heavy atom. The molecule has 1 aromatic carbocycles. The molecular weight excluding hydrogens is 668 g/mol. The molecule has 0 unspecified atom stereocenters. The lowest BCUT2D eigenvalue weighted by Gasteiger charge is -2.40. The summed E-state index contributed by atoms with van der Waals surface area (Å²) in [5.74, 6) is -3.76. The van der Waals surface area contributed by atoms with E-state index in [9.17, 15) is 24.3 Å². The van der Waals surface area contributed by atoms with Crippen molar-refractivity contribution in [2.45, 2.75) is 75.5 Å². The van der Waals surface area contributed by atoms with Gasteiger partial charge in [0, 0.05) is 46.3 Å². The van der Waals surface area contributed by atoms with Crippen LogP contribution in [0.1, 0.15) is 51.2 Å². The number of methoxy groups -OCH3 is 1. The van der Waals surface area contributed by atoms with Gasteiger partial charge in [-0.2, -0.15) is 0 Å². The number of nitrogens with zero attached hydrogens (tertiary/aromatic N) is 3. The number of morpholine rings is 1. The zero-order chi connectivity index (χ0) is 37.4. The van der Waals surface area contributed by atoms with Crippen molar-refractivity contribution in [1.82, 2.24) is 20.0 Å². The number of ether oxygens (including phenoxy) is 4. The van der Waals surface area contributed by atoms with Crippen LogP contribution in [0.4, 0.5) is 0 Å². The predicted molar refractivity (Wildman–Crippen MR) is 193 cm³/mol. The molecule has 2 bridgehead atoms. The molecule has 4 aliphatic heterocycles. The van der Waals surface area contributed by atoms with Gasteiger partial charge in [-0.1, -0.05) is 56.3 Å². The van der Waals surface area contributed by atoms with E-state index in [0.29, 0.717) is 51.1 Å². The van der Waals surface area contributed by atoms with Crippen molar-refractivity contribution in [3.05, 3.63) is 61.2 Å². The number of carbonyl (C=O) groups excluding carboxylic acids is 4. The second kappa shape index (κ2) is 17.9. The fourth-order valence-corrected chi connectivity index (χ4v) is 8.45. The van der Waals surface area contributed by atoms with E-state index >= 15 is 0 Å². The maximum atomic E-state index is 14.8. The Labute approximate surface area is 307 Å². The second-order valence-corrected chi connectivity index (χ2v) is 14.5. The van der Waals surface area contributed by atoms with Gasteiger partial charge in [-0.25, -0.2) is 0 Å². The lowest BCUT2D eigenvalue weighted by molar-refractivity contribution is -0.164. The molecule has 1 spiro atoms. The van der Waals surface area contributed by atoms with Gasteiger partial charge >= 0.3 is 5.97 Å². The van der Waals surface area contributed by atoms with Gasteiger partial charge in [0.05, 0.1) is 56.5 Å². The number of esters is 1. The van der Waals surface area contributed by atoms with Gasteiger partial charge in [0.25, 0.3) is 0 Å². The number of aliphatic hydroxyl groups excluding tert-OH is 1. The first-order valence-corrected chi connectivity index (χ1v) is 18.6. The first-order chi connectivity index (χ1) is 25.1. The van der Waals surface area contributed by atoms with Crippen molar-refractivity contribution in [2.75, 3.05) is 66.3 Å². The Morgan fingerprint density at radius 1 is 1.15 bits per heavy atom. The standard InChI is InChI=1S/C39H56N4O9/c1-6-8-14-31(45)40-28(25-49-5)34(27-12-10-9-11-13-27)51-38(48)32-30-15-16-39(52-30)33(32)36(46)43(29(24-44)26(3)4)35(39)37(47)42(17-7-2)19-18-41-20-22-50-23-21-41/h6-7,9-13,26,28-30,32-35,44H,1-2,8,14-25H2,3-5H3,(H,40,45)/t28-,29+,30-,32+,33+,34-,35-,39+/m1/s1. The van der Waals surface area contributed by atoms with E-state index in [1.807, 2.05) is 44.2 Å². The summed E-state index contributed by atoms with van der Waals surface area (Å²) in [6, 6.07) is 6.64. The summed E-state index contributed by atoms with van der Waals surface area (Å²) in [6.45, 7) is 15.2. The Morgan fingerprint density at radius 3 is 2.52 bits per heavy atom. The second-order valence-electron chi connectivity index (χ2n) is 14.5. The normalized spacial score (nSPS) is 27.2. The number of fused-ring (bicyclic) bond motifs is 1. The highest BCUT2D eigenvalue weighted by molar-refractivity contribution is 5.98. The van der Waals surface area contributed by atoms with Crippen molar-refractivity contribution in [1.29, 1.82) is 0 Å². The van der Waals surface area contributed by atoms with Crippen LogP contribution in [0, 0.1) is 17.8 Å². The van der Waals surface area contributed by atoms with Crippen molar-refractivity contribution in [2.24, 2.45) is 17.8 Å². The predicted octanol–water partition coefficient (Wildman–Crippen LogP) is 2.11. The van der Waals surface area contributed by atoms with Crippen molar-refractivity contribution >= 4 is 23.7 Å². The van der Waals surface area contributed by atoms with Gasteiger partial charge < -0.3 is 39.2 Å². The number of allylic oxidation sites excluding steroid dienone is 1. The number of nitrogens with one attached hydrogen (secondary N) is 1. The fourth-order valence-electron chi connectivity index (χ4n) is 8.45. The Kier molecular flexibility index (Phi) is 13.7. The Balaban J connectivity index is 1.47. The van der Waals surface area contributed by atoms with E-state index in [-0.39, 0.29) is 43.9 Å². The van der Waals surface area contributed by atoms with E-state index < -0.39 is 59.6 Å². The summed E-state index contributed by atoms with van der Waals surface area (Å²) < 4.78 is 24.0. The van der Waals surface area contributed by atoms with Crippen molar-refractivity contribution < 1.29 is 43.2 Å². The molecule has 1 aromatic rings. The number of rotatable bonds is 19. The highest BCUT2D eigenvalue weighted by Crippen LogP contribution is 2.59. The minimum atomic E-state index is -1.28. The molecule has 3 amide bonds. The Bertz CT molecular complexity index is 1420.